The number of hydrogen-bond acceptors (Lipinski definition) is 3. The first-order valence-corrected chi connectivity index (χ1v) is 9.19. The van der Waals surface area contributed by atoms with E-state index in [1.807, 2.05) is 0 Å². The Balaban J connectivity index is 1.84. The molecule has 1 heterocycles. The van der Waals surface area contributed by atoms with Crippen molar-refractivity contribution in [2.45, 2.75) is 62.2 Å². The van der Waals surface area contributed by atoms with Crippen molar-refractivity contribution in [1.82, 2.24) is 10.2 Å². The third-order valence-electron chi connectivity index (χ3n) is 4.67. The van der Waals surface area contributed by atoms with Gasteiger partial charge in [-0.3, -0.25) is 10.1 Å². The van der Waals surface area contributed by atoms with Gasteiger partial charge < -0.3 is 4.90 Å². The first kappa shape index (κ1) is 14.9. The summed E-state index contributed by atoms with van der Waals surface area (Å²) < 4.78 is 0. The number of carbonyl (C=O) groups excluding carboxylic acids is 1. The van der Waals surface area contributed by atoms with Gasteiger partial charge in [-0.15, -0.1) is 11.8 Å². The molecule has 2 atom stereocenters. The number of carbonyl (C=O) groups is 1. The zero-order valence-corrected chi connectivity index (χ0v) is 13.7. The van der Waals surface area contributed by atoms with Gasteiger partial charge in [0.25, 0.3) is 0 Å². The number of hydrogen-bond donors (Lipinski definition) is 1. The predicted molar refractivity (Wildman–Crippen MR) is 87.3 cm³/mol. The van der Waals surface area contributed by atoms with E-state index in [1.165, 1.54) is 16.9 Å². The number of amides is 1. The summed E-state index contributed by atoms with van der Waals surface area (Å²) in [6, 6.07) is 9.07. The number of nitrogens with zero attached hydrogens (tertiary/aromatic N) is 1. The van der Waals surface area contributed by atoms with Crippen LogP contribution in [0.3, 0.4) is 0 Å². The Kier molecular flexibility index (Phi) is 4.55. The summed E-state index contributed by atoms with van der Waals surface area (Å²) in [6.07, 6.45) is 7.70. The van der Waals surface area contributed by atoms with Crippen LogP contribution in [0, 0.1) is 0 Å². The molecular formula is C17H24N2OS. The molecule has 0 radical (unpaired) electrons. The molecule has 2 aliphatic rings. The number of nitrogens with one attached hydrogen (secondary N) is 1. The lowest BCUT2D eigenvalue weighted by molar-refractivity contribution is -0.134. The fourth-order valence-electron chi connectivity index (χ4n) is 3.24. The minimum absolute atomic E-state index is 0.000765. The molecule has 1 saturated carbocycles. The van der Waals surface area contributed by atoms with E-state index in [4.69, 9.17) is 0 Å². The molecule has 1 aliphatic carbocycles. The maximum absolute atomic E-state index is 12.7. The van der Waals surface area contributed by atoms with E-state index in [2.05, 4.69) is 47.7 Å². The smallest absolute Gasteiger partial charge is 0.241 e. The van der Waals surface area contributed by atoms with Gasteiger partial charge >= 0.3 is 0 Å². The van der Waals surface area contributed by atoms with Gasteiger partial charge in [-0.25, -0.2) is 0 Å². The first-order valence-electron chi connectivity index (χ1n) is 7.96. The largest absolute Gasteiger partial charge is 0.319 e. The zero-order valence-electron chi connectivity index (χ0n) is 12.8. The van der Waals surface area contributed by atoms with E-state index < -0.39 is 0 Å². The monoisotopic (exact) mass is 304 g/mol. The highest BCUT2D eigenvalue weighted by molar-refractivity contribution is 7.98. The van der Waals surface area contributed by atoms with Crippen LogP contribution >= 0.6 is 11.8 Å². The molecule has 2 fully saturated rings. The van der Waals surface area contributed by atoms with E-state index in [0.29, 0.717) is 11.9 Å². The maximum atomic E-state index is 12.7. The third-order valence-corrected chi connectivity index (χ3v) is 5.41. The predicted octanol–water partition coefficient (Wildman–Crippen LogP) is 3.56. The van der Waals surface area contributed by atoms with E-state index in [1.54, 1.807) is 11.8 Å². The molecule has 1 N–H and O–H groups in total. The van der Waals surface area contributed by atoms with Crippen molar-refractivity contribution in [2.24, 2.45) is 0 Å². The number of benzene rings is 1. The van der Waals surface area contributed by atoms with E-state index in [-0.39, 0.29) is 12.2 Å². The topological polar surface area (TPSA) is 32.3 Å². The van der Waals surface area contributed by atoms with Crippen LogP contribution in [0.1, 0.15) is 50.8 Å². The van der Waals surface area contributed by atoms with E-state index in [9.17, 15) is 4.79 Å². The van der Waals surface area contributed by atoms with Gasteiger partial charge in [0.2, 0.25) is 5.91 Å². The van der Waals surface area contributed by atoms with Gasteiger partial charge in [0.1, 0.15) is 6.17 Å². The SMILES string of the molecule is CCCC1NC(c2ccc(SC)cc2)N(C2CCC2)C1=O. The van der Waals surface area contributed by atoms with Gasteiger partial charge in [0, 0.05) is 10.9 Å². The average molecular weight is 304 g/mol. The summed E-state index contributed by atoms with van der Waals surface area (Å²) in [6.45, 7) is 2.14. The lowest BCUT2D eigenvalue weighted by Gasteiger charge is -2.38. The molecule has 21 heavy (non-hydrogen) atoms. The lowest BCUT2D eigenvalue weighted by Crippen LogP contribution is -2.44. The maximum Gasteiger partial charge on any atom is 0.241 e. The van der Waals surface area contributed by atoms with Crippen LogP contribution in [-0.4, -0.2) is 29.1 Å². The molecule has 2 unspecified atom stereocenters. The molecule has 1 aromatic carbocycles. The Hall–Kier alpha value is -1.00. The Bertz CT molecular complexity index is 498. The van der Waals surface area contributed by atoms with E-state index in [0.717, 1.165) is 25.7 Å². The number of rotatable bonds is 5. The van der Waals surface area contributed by atoms with Crippen molar-refractivity contribution in [3.63, 3.8) is 0 Å². The summed E-state index contributed by atoms with van der Waals surface area (Å²) in [5, 5.41) is 3.56. The number of thioether (sulfide) groups is 1. The molecule has 1 aliphatic heterocycles. The summed E-state index contributed by atoms with van der Waals surface area (Å²) in [7, 11) is 0. The lowest BCUT2D eigenvalue weighted by atomic mass is 9.90. The van der Waals surface area contributed by atoms with Crippen LogP contribution < -0.4 is 5.32 Å². The summed E-state index contributed by atoms with van der Waals surface area (Å²) in [5.41, 5.74) is 1.21. The van der Waals surface area contributed by atoms with Crippen LogP contribution in [0.2, 0.25) is 0 Å². The highest BCUT2D eigenvalue weighted by Gasteiger charge is 2.44. The fraction of sp³-hybridized carbons (Fsp3) is 0.588. The molecule has 1 saturated heterocycles. The van der Waals surface area contributed by atoms with Gasteiger partial charge in [-0.2, -0.15) is 0 Å². The minimum Gasteiger partial charge on any atom is -0.319 e. The molecule has 3 rings (SSSR count). The highest BCUT2D eigenvalue weighted by atomic mass is 32.2. The molecule has 0 spiro atoms. The molecular weight excluding hydrogens is 280 g/mol. The van der Waals surface area contributed by atoms with Crippen LogP contribution in [0.25, 0.3) is 0 Å². The fourth-order valence-corrected chi connectivity index (χ4v) is 3.65. The second kappa shape index (κ2) is 6.41. The summed E-state index contributed by atoms with van der Waals surface area (Å²) >= 11 is 1.75. The quantitative estimate of drug-likeness (QED) is 0.844. The normalized spacial score (nSPS) is 26.2. The van der Waals surface area contributed by atoms with Crippen LogP contribution in [0.15, 0.2) is 29.2 Å². The van der Waals surface area contributed by atoms with Gasteiger partial charge in [-0.05, 0) is 49.6 Å². The standard InChI is InChI=1S/C17H24N2OS/c1-3-5-15-17(20)19(13-6-4-7-13)16(18-15)12-8-10-14(21-2)11-9-12/h8-11,13,15-16,18H,3-7H2,1-2H3. The van der Waals surface area contributed by atoms with Gasteiger partial charge in [-0.1, -0.05) is 25.5 Å². The van der Waals surface area contributed by atoms with Crippen molar-refractivity contribution in [1.29, 1.82) is 0 Å². The van der Waals surface area contributed by atoms with Crippen LogP contribution in [-0.2, 0) is 4.79 Å². The van der Waals surface area contributed by atoms with Crippen molar-refractivity contribution in [3.8, 4) is 0 Å². The van der Waals surface area contributed by atoms with Crippen molar-refractivity contribution >= 4 is 17.7 Å². The van der Waals surface area contributed by atoms with Crippen molar-refractivity contribution in [3.05, 3.63) is 29.8 Å². The first-order chi connectivity index (χ1) is 10.2. The Labute approximate surface area is 131 Å². The van der Waals surface area contributed by atoms with Crippen LogP contribution in [0.4, 0.5) is 0 Å². The second-order valence-corrected chi connectivity index (χ2v) is 6.89. The Morgan fingerprint density at radius 2 is 2.00 bits per heavy atom. The van der Waals surface area contributed by atoms with Gasteiger partial charge in [0.05, 0.1) is 6.04 Å². The molecule has 114 valence electrons. The molecule has 4 heteroatoms. The van der Waals surface area contributed by atoms with Gasteiger partial charge in [0.15, 0.2) is 0 Å². The molecule has 1 aromatic rings. The molecule has 3 nitrogen and oxygen atoms in total. The van der Waals surface area contributed by atoms with E-state index >= 15 is 0 Å². The molecule has 0 bridgehead atoms. The highest BCUT2D eigenvalue weighted by Crippen LogP contribution is 2.36. The van der Waals surface area contributed by atoms with Crippen molar-refractivity contribution in [2.75, 3.05) is 6.26 Å². The summed E-state index contributed by atoms with van der Waals surface area (Å²) in [4.78, 5) is 16.1. The van der Waals surface area contributed by atoms with Crippen molar-refractivity contribution < 1.29 is 4.79 Å². The Morgan fingerprint density at radius 3 is 2.52 bits per heavy atom. The molecule has 0 aromatic heterocycles. The van der Waals surface area contributed by atoms with Crippen LogP contribution in [0.5, 0.6) is 0 Å². The molecule has 1 amide bonds. The summed E-state index contributed by atoms with van der Waals surface area (Å²) in [5.74, 6) is 0.306. The third kappa shape index (κ3) is 2.84. The second-order valence-electron chi connectivity index (χ2n) is 6.01. The Morgan fingerprint density at radius 1 is 1.29 bits per heavy atom. The average Bonchev–Trinajstić information content (AvgIpc) is 2.76. The zero-order chi connectivity index (χ0) is 14.8. The minimum atomic E-state index is 0.000765.